The lowest BCUT2D eigenvalue weighted by Crippen LogP contribution is -2.07. The van der Waals surface area contributed by atoms with Crippen LogP contribution in [0.25, 0.3) is 0 Å². The molecule has 0 spiro atoms. The second-order valence-electron chi connectivity index (χ2n) is 3.66. The third kappa shape index (κ3) is 4.21. The Kier molecular flexibility index (Phi) is 4.98. The lowest BCUT2D eigenvalue weighted by molar-refractivity contribution is -0.114. The summed E-state index contributed by atoms with van der Waals surface area (Å²) in [4.78, 5) is 22.3. The van der Waals surface area contributed by atoms with Crippen LogP contribution in [-0.4, -0.2) is 23.3 Å². The molecule has 0 aliphatic heterocycles. The third-order valence-electron chi connectivity index (χ3n) is 2.39. The van der Waals surface area contributed by atoms with Crippen molar-refractivity contribution in [2.24, 2.45) is 0 Å². The average molecular weight is 208 g/mol. The molecule has 0 unspecified atom stereocenters. The van der Waals surface area contributed by atoms with Gasteiger partial charge in [0.25, 0.3) is 0 Å². The molecule has 0 heterocycles. The number of hydrogen-bond donors (Lipinski definition) is 1. The first-order valence-electron chi connectivity index (χ1n) is 5.32. The summed E-state index contributed by atoms with van der Waals surface area (Å²) in [5.41, 5.74) is 0.617. The van der Waals surface area contributed by atoms with Crippen LogP contribution >= 0.6 is 0 Å². The van der Waals surface area contributed by atoms with Crippen molar-refractivity contribution < 1.29 is 14.7 Å². The van der Waals surface area contributed by atoms with Crippen molar-refractivity contribution >= 4 is 11.6 Å². The fraction of sp³-hybridized carbons (Fsp3) is 0.500. The van der Waals surface area contributed by atoms with Crippen LogP contribution in [-0.2, 0) is 9.59 Å². The fourth-order valence-electron chi connectivity index (χ4n) is 1.53. The van der Waals surface area contributed by atoms with Gasteiger partial charge in [-0.15, -0.1) is 0 Å². The van der Waals surface area contributed by atoms with Gasteiger partial charge >= 0.3 is 0 Å². The Morgan fingerprint density at radius 1 is 1.00 bits per heavy atom. The maximum Gasteiger partial charge on any atom is 0.182 e. The molecule has 0 radical (unpaired) electrons. The van der Waals surface area contributed by atoms with E-state index in [1.807, 2.05) is 0 Å². The molecule has 0 amide bonds. The molecule has 0 bridgehead atoms. The number of aliphatic hydroxyl groups is 1. The van der Waals surface area contributed by atoms with Crippen LogP contribution < -0.4 is 0 Å². The van der Waals surface area contributed by atoms with Gasteiger partial charge < -0.3 is 5.11 Å². The molecule has 1 aliphatic carbocycles. The monoisotopic (exact) mass is 208 g/mol. The molecule has 0 aromatic carbocycles. The third-order valence-corrected chi connectivity index (χ3v) is 2.39. The van der Waals surface area contributed by atoms with Gasteiger partial charge in [-0.25, -0.2) is 0 Å². The molecule has 3 nitrogen and oxygen atoms in total. The minimum absolute atomic E-state index is 0.0447. The molecule has 82 valence electrons. The number of unbranched alkanes of at least 4 members (excludes halogenated alkanes) is 3. The largest absolute Gasteiger partial charge is 0.396 e. The Balaban J connectivity index is 2.26. The van der Waals surface area contributed by atoms with Crippen molar-refractivity contribution in [1.82, 2.24) is 0 Å². The first-order chi connectivity index (χ1) is 7.24. The summed E-state index contributed by atoms with van der Waals surface area (Å²) in [6.07, 6.45) is 8.41. The first kappa shape index (κ1) is 11.9. The van der Waals surface area contributed by atoms with Gasteiger partial charge in [0.05, 0.1) is 0 Å². The summed E-state index contributed by atoms with van der Waals surface area (Å²) >= 11 is 0. The minimum Gasteiger partial charge on any atom is -0.396 e. The first-order valence-corrected chi connectivity index (χ1v) is 5.32. The zero-order chi connectivity index (χ0) is 11.1. The Morgan fingerprint density at radius 3 is 2.47 bits per heavy atom. The highest BCUT2D eigenvalue weighted by atomic mass is 16.2. The van der Waals surface area contributed by atoms with Gasteiger partial charge in [0.1, 0.15) is 0 Å². The Hall–Kier alpha value is -1.22. The summed E-state index contributed by atoms with van der Waals surface area (Å²) in [7, 11) is 0. The summed E-state index contributed by atoms with van der Waals surface area (Å²) in [6.45, 7) is 0.225. The second kappa shape index (κ2) is 6.30. The number of rotatable bonds is 6. The normalized spacial score (nSPS) is 15.7. The van der Waals surface area contributed by atoms with E-state index in [-0.39, 0.29) is 18.2 Å². The van der Waals surface area contributed by atoms with Crippen molar-refractivity contribution in [2.75, 3.05) is 6.61 Å². The summed E-state index contributed by atoms with van der Waals surface area (Å²) in [5, 5.41) is 8.57. The highest BCUT2D eigenvalue weighted by Crippen LogP contribution is 2.14. The van der Waals surface area contributed by atoms with Gasteiger partial charge in [0, 0.05) is 12.2 Å². The average Bonchev–Trinajstić information content (AvgIpc) is 2.23. The second-order valence-corrected chi connectivity index (χ2v) is 3.66. The molecule has 0 aromatic rings. The summed E-state index contributed by atoms with van der Waals surface area (Å²) in [6, 6.07) is 0. The molecule has 0 fully saturated rings. The number of carbonyl (C=O) groups excluding carboxylic acids is 2. The molecule has 15 heavy (non-hydrogen) atoms. The number of ketones is 2. The van der Waals surface area contributed by atoms with Crippen molar-refractivity contribution in [1.29, 1.82) is 0 Å². The van der Waals surface area contributed by atoms with Gasteiger partial charge in [-0.2, -0.15) is 0 Å². The van der Waals surface area contributed by atoms with Gasteiger partial charge in [-0.1, -0.05) is 12.8 Å². The molecule has 1 rings (SSSR count). The van der Waals surface area contributed by atoms with Gasteiger partial charge in [-0.05, 0) is 37.5 Å². The Labute approximate surface area is 89.5 Å². The van der Waals surface area contributed by atoms with E-state index >= 15 is 0 Å². The van der Waals surface area contributed by atoms with Crippen LogP contribution in [0.1, 0.15) is 32.1 Å². The van der Waals surface area contributed by atoms with Crippen LogP contribution in [0, 0.1) is 0 Å². The fourth-order valence-corrected chi connectivity index (χ4v) is 1.53. The van der Waals surface area contributed by atoms with E-state index in [1.54, 1.807) is 0 Å². The standard InChI is InChI=1S/C12H16O3/c13-8-4-2-1-3-5-10-9-11(14)6-7-12(10)15/h6-7,9,13H,1-5,8H2. The van der Waals surface area contributed by atoms with E-state index in [1.165, 1.54) is 18.2 Å². The molecule has 3 heteroatoms. The number of aliphatic hydroxyl groups excluding tert-OH is 1. The lowest BCUT2D eigenvalue weighted by atomic mass is 9.98. The predicted octanol–water partition coefficient (Wildman–Crippen LogP) is 1.56. The molecular formula is C12H16O3. The molecule has 0 saturated carbocycles. The molecule has 0 saturated heterocycles. The maximum absolute atomic E-state index is 11.3. The highest BCUT2D eigenvalue weighted by molar-refractivity contribution is 6.17. The van der Waals surface area contributed by atoms with E-state index in [4.69, 9.17) is 5.11 Å². The predicted molar refractivity (Wildman–Crippen MR) is 57.4 cm³/mol. The van der Waals surface area contributed by atoms with Crippen molar-refractivity contribution in [3.63, 3.8) is 0 Å². The summed E-state index contributed by atoms with van der Waals surface area (Å²) in [5.74, 6) is -0.142. The molecular weight excluding hydrogens is 192 g/mol. The van der Waals surface area contributed by atoms with Gasteiger partial charge in [0.15, 0.2) is 11.6 Å². The number of allylic oxidation sites excluding steroid dienone is 4. The molecule has 1 N–H and O–H groups in total. The smallest absolute Gasteiger partial charge is 0.182 e. The lowest BCUT2D eigenvalue weighted by Gasteiger charge is -2.06. The maximum atomic E-state index is 11.3. The van der Waals surface area contributed by atoms with Crippen LogP contribution in [0.2, 0.25) is 0 Å². The van der Waals surface area contributed by atoms with E-state index in [0.717, 1.165) is 25.7 Å². The Bertz CT molecular complexity index is 300. The Morgan fingerprint density at radius 2 is 1.73 bits per heavy atom. The van der Waals surface area contributed by atoms with Gasteiger partial charge in [-0.3, -0.25) is 9.59 Å². The molecule has 0 atom stereocenters. The van der Waals surface area contributed by atoms with E-state index in [2.05, 4.69) is 0 Å². The van der Waals surface area contributed by atoms with Crippen molar-refractivity contribution in [3.8, 4) is 0 Å². The number of carbonyl (C=O) groups is 2. The van der Waals surface area contributed by atoms with Gasteiger partial charge in [0.2, 0.25) is 0 Å². The number of hydrogen-bond acceptors (Lipinski definition) is 3. The summed E-state index contributed by atoms with van der Waals surface area (Å²) < 4.78 is 0. The quantitative estimate of drug-likeness (QED) is 0.532. The van der Waals surface area contributed by atoms with Crippen molar-refractivity contribution in [2.45, 2.75) is 32.1 Å². The molecule has 0 aromatic heterocycles. The molecule has 1 aliphatic rings. The topological polar surface area (TPSA) is 54.4 Å². The van der Waals surface area contributed by atoms with Crippen molar-refractivity contribution in [3.05, 3.63) is 23.8 Å². The van der Waals surface area contributed by atoms with E-state index in [9.17, 15) is 9.59 Å². The van der Waals surface area contributed by atoms with E-state index in [0.29, 0.717) is 12.0 Å². The van der Waals surface area contributed by atoms with Crippen LogP contribution in [0.3, 0.4) is 0 Å². The SMILES string of the molecule is O=C1C=CC(=O)C(CCCCCCO)=C1. The zero-order valence-electron chi connectivity index (χ0n) is 8.74. The van der Waals surface area contributed by atoms with Crippen LogP contribution in [0.15, 0.2) is 23.8 Å². The highest BCUT2D eigenvalue weighted by Gasteiger charge is 2.11. The minimum atomic E-state index is -0.0973. The van der Waals surface area contributed by atoms with Crippen LogP contribution in [0.4, 0.5) is 0 Å². The van der Waals surface area contributed by atoms with Crippen LogP contribution in [0.5, 0.6) is 0 Å². The zero-order valence-corrected chi connectivity index (χ0v) is 8.74. The van der Waals surface area contributed by atoms with E-state index < -0.39 is 0 Å².